The van der Waals surface area contributed by atoms with E-state index < -0.39 is 0 Å². The van der Waals surface area contributed by atoms with Gasteiger partial charge in [-0.2, -0.15) is 0 Å². The van der Waals surface area contributed by atoms with Crippen LogP contribution in [0, 0.1) is 0 Å². The molecule has 2 N–H and O–H groups in total. The number of para-hydroxylation sites is 1. The van der Waals surface area contributed by atoms with E-state index in [1.54, 1.807) is 23.1 Å². The van der Waals surface area contributed by atoms with Crippen LogP contribution in [0.5, 0.6) is 0 Å². The highest BCUT2D eigenvalue weighted by Gasteiger charge is 2.17. The lowest BCUT2D eigenvalue weighted by Crippen LogP contribution is -2.14. The van der Waals surface area contributed by atoms with Crippen LogP contribution in [0.3, 0.4) is 0 Å². The van der Waals surface area contributed by atoms with Gasteiger partial charge in [0, 0.05) is 29.5 Å². The topological polar surface area (TPSA) is 86.7 Å². The lowest BCUT2D eigenvalue weighted by molar-refractivity contribution is -0.118. The molecular formula is C23H19N5OS2. The van der Waals surface area contributed by atoms with E-state index in [1.165, 1.54) is 5.39 Å². The highest BCUT2D eigenvalue weighted by atomic mass is 32.2. The van der Waals surface area contributed by atoms with Gasteiger partial charge in [-0.15, -0.1) is 21.5 Å². The smallest absolute Gasteiger partial charge is 0.219 e. The van der Waals surface area contributed by atoms with E-state index in [9.17, 15) is 4.79 Å². The molecule has 5 rings (SSSR count). The van der Waals surface area contributed by atoms with Crippen LogP contribution in [0.25, 0.3) is 32.4 Å². The Morgan fingerprint density at radius 2 is 1.74 bits per heavy atom. The summed E-state index contributed by atoms with van der Waals surface area (Å²) in [6.07, 6.45) is 0.237. The van der Waals surface area contributed by atoms with Gasteiger partial charge in [0.15, 0.2) is 11.0 Å². The third-order valence-corrected chi connectivity index (χ3v) is 6.91. The molecule has 5 aromatic rings. The van der Waals surface area contributed by atoms with E-state index >= 15 is 0 Å². The van der Waals surface area contributed by atoms with Crippen molar-refractivity contribution in [3.63, 3.8) is 0 Å². The summed E-state index contributed by atoms with van der Waals surface area (Å²) in [5.74, 6) is 1.06. The van der Waals surface area contributed by atoms with E-state index in [0.717, 1.165) is 37.8 Å². The molecule has 0 fully saturated rings. The SMILES string of the molecule is NC(=O)CCn1c(SCc2nc3ccccc3c3ccccc23)nnc1-c1cccs1. The Morgan fingerprint density at radius 1 is 0.968 bits per heavy atom. The van der Waals surface area contributed by atoms with Crippen molar-refractivity contribution in [2.24, 2.45) is 5.73 Å². The lowest BCUT2D eigenvalue weighted by Gasteiger charge is -2.11. The van der Waals surface area contributed by atoms with Gasteiger partial charge in [0.1, 0.15) is 0 Å². The van der Waals surface area contributed by atoms with Gasteiger partial charge in [-0.25, -0.2) is 0 Å². The number of nitrogens with zero attached hydrogens (tertiary/aromatic N) is 4. The molecule has 6 nitrogen and oxygen atoms in total. The number of hydrogen-bond donors (Lipinski definition) is 1. The summed E-state index contributed by atoms with van der Waals surface area (Å²) in [6.45, 7) is 0.448. The number of pyridine rings is 1. The number of benzene rings is 2. The van der Waals surface area contributed by atoms with E-state index in [4.69, 9.17) is 10.7 Å². The predicted molar refractivity (Wildman–Crippen MR) is 126 cm³/mol. The third kappa shape index (κ3) is 3.92. The van der Waals surface area contributed by atoms with Gasteiger partial charge < -0.3 is 10.3 Å². The zero-order valence-electron chi connectivity index (χ0n) is 16.6. The number of amides is 1. The summed E-state index contributed by atoms with van der Waals surface area (Å²) in [5.41, 5.74) is 7.38. The number of fused-ring (bicyclic) bond motifs is 3. The van der Waals surface area contributed by atoms with Gasteiger partial charge in [-0.05, 0) is 22.9 Å². The van der Waals surface area contributed by atoms with Gasteiger partial charge >= 0.3 is 0 Å². The highest BCUT2D eigenvalue weighted by molar-refractivity contribution is 7.98. The summed E-state index contributed by atoms with van der Waals surface area (Å²) in [6, 6.07) is 20.5. The number of thiophene rings is 1. The van der Waals surface area contributed by atoms with Crippen molar-refractivity contribution in [2.75, 3.05) is 0 Å². The Hall–Kier alpha value is -3.23. The maximum absolute atomic E-state index is 11.4. The van der Waals surface area contributed by atoms with Gasteiger partial charge in [0.25, 0.3) is 0 Å². The Balaban J connectivity index is 1.51. The molecule has 0 saturated heterocycles. The van der Waals surface area contributed by atoms with Crippen LogP contribution in [0.2, 0.25) is 0 Å². The van der Waals surface area contributed by atoms with Crippen molar-refractivity contribution >= 4 is 50.7 Å². The molecular weight excluding hydrogens is 426 g/mol. The quantitative estimate of drug-likeness (QED) is 0.285. The maximum atomic E-state index is 11.4. The normalized spacial score (nSPS) is 11.4. The molecule has 0 aliphatic carbocycles. The van der Waals surface area contributed by atoms with Crippen LogP contribution in [0.1, 0.15) is 12.1 Å². The first kappa shape index (κ1) is 19.7. The first-order chi connectivity index (χ1) is 15.2. The van der Waals surface area contributed by atoms with E-state index in [2.05, 4.69) is 34.5 Å². The molecule has 8 heteroatoms. The first-order valence-corrected chi connectivity index (χ1v) is 11.7. The van der Waals surface area contributed by atoms with Crippen LogP contribution in [0.15, 0.2) is 71.2 Å². The molecule has 0 aliphatic rings. The number of aromatic nitrogens is 4. The summed E-state index contributed by atoms with van der Waals surface area (Å²) in [7, 11) is 0. The average Bonchev–Trinajstić information content (AvgIpc) is 3.45. The standard InChI is InChI=1S/C23H19N5OS2/c24-21(29)11-12-28-22(20-10-5-13-30-20)26-27-23(28)31-14-19-17-8-2-1-6-15(17)16-7-3-4-9-18(16)25-19/h1-10,13H,11-12,14H2,(H2,24,29). The Labute approximate surface area is 187 Å². The fourth-order valence-electron chi connectivity index (χ4n) is 3.62. The van der Waals surface area contributed by atoms with Crippen molar-refractivity contribution in [3.05, 3.63) is 71.7 Å². The molecule has 3 aromatic heterocycles. The van der Waals surface area contributed by atoms with Crippen molar-refractivity contribution < 1.29 is 4.79 Å². The number of primary amides is 1. The Kier molecular flexibility index (Phi) is 5.40. The fraction of sp³-hybridized carbons (Fsp3) is 0.130. The van der Waals surface area contributed by atoms with Gasteiger partial charge in [0.05, 0.1) is 16.1 Å². The number of nitrogens with two attached hydrogens (primary N) is 1. The van der Waals surface area contributed by atoms with Crippen LogP contribution in [-0.2, 0) is 17.1 Å². The largest absolute Gasteiger partial charge is 0.370 e. The molecule has 0 aliphatic heterocycles. The highest BCUT2D eigenvalue weighted by Crippen LogP contribution is 2.32. The molecule has 0 atom stereocenters. The second-order valence-electron chi connectivity index (χ2n) is 7.06. The fourth-order valence-corrected chi connectivity index (χ4v) is 5.26. The van der Waals surface area contributed by atoms with E-state index in [1.807, 2.05) is 46.3 Å². The van der Waals surface area contributed by atoms with Crippen LogP contribution in [0.4, 0.5) is 0 Å². The predicted octanol–water partition coefficient (Wildman–Crippen LogP) is 4.88. The van der Waals surface area contributed by atoms with E-state index in [0.29, 0.717) is 12.3 Å². The van der Waals surface area contributed by atoms with E-state index in [-0.39, 0.29) is 12.3 Å². The third-order valence-electron chi connectivity index (χ3n) is 5.07. The van der Waals surface area contributed by atoms with Crippen LogP contribution >= 0.6 is 23.1 Å². The van der Waals surface area contributed by atoms with Crippen molar-refractivity contribution in [3.8, 4) is 10.7 Å². The lowest BCUT2D eigenvalue weighted by atomic mass is 10.0. The molecule has 1 amide bonds. The second kappa shape index (κ2) is 8.49. The Morgan fingerprint density at radius 3 is 2.52 bits per heavy atom. The van der Waals surface area contributed by atoms with Crippen molar-refractivity contribution in [2.45, 2.75) is 23.9 Å². The van der Waals surface area contributed by atoms with Gasteiger partial charge in [0.2, 0.25) is 5.91 Å². The van der Waals surface area contributed by atoms with Crippen molar-refractivity contribution in [1.82, 2.24) is 19.7 Å². The number of hydrogen-bond acceptors (Lipinski definition) is 6. The first-order valence-electron chi connectivity index (χ1n) is 9.85. The van der Waals surface area contributed by atoms with Gasteiger partial charge in [-0.1, -0.05) is 60.3 Å². The minimum absolute atomic E-state index is 0.237. The molecule has 154 valence electrons. The summed E-state index contributed by atoms with van der Waals surface area (Å²) < 4.78 is 1.98. The van der Waals surface area contributed by atoms with Crippen LogP contribution in [-0.4, -0.2) is 25.7 Å². The summed E-state index contributed by atoms with van der Waals surface area (Å²) in [4.78, 5) is 17.3. The average molecular weight is 446 g/mol. The van der Waals surface area contributed by atoms with Crippen molar-refractivity contribution in [1.29, 1.82) is 0 Å². The molecule has 0 spiro atoms. The maximum Gasteiger partial charge on any atom is 0.219 e. The molecule has 0 radical (unpaired) electrons. The molecule has 0 bridgehead atoms. The van der Waals surface area contributed by atoms with Crippen LogP contribution < -0.4 is 5.73 Å². The number of thioether (sulfide) groups is 1. The minimum Gasteiger partial charge on any atom is -0.370 e. The monoisotopic (exact) mass is 445 g/mol. The zero-order valence-corrected chi connectivity index (χ0v) is 18.2. The molecule has 0 unspecified atom stereocenters. The minimum atomic E-state index is -0.344. The zero-order chi connectivity index (χ0) is 21.2. The summed E-state index contributed by atoms with van der Waals surface area (Å²) >= 11 is 3.17. The molecule has 2 aromatic carbocycles. The van der Waals surface area contributed by atoms with Gasteiger partial charge in [-0.3, -0.25) is 9.78 Å². The number of rotatable bonds is 7. The summed E-state index contributed by atoms with van der Waals surface area (Å²) in [5, 5.41) is 15.0. The molecule has 31 heavy (non-hydrogen) atoms. The number of carbonyl (C=O) groups is 1. The Bertz CT molecular complexity index is 1380. The number of carbonyl (C=O) groups excluding carboxylic acids is 1. The molecule has 0 saturated carbocycles. The second-order valence-corrected chi connectivity index (χ2v) is 8.95. The molecule has 3 heterocycles.